The lowest BCUT2D eigenvalue weighted by Gasteiger charge is -2.14. The Morgan fingerprint density at radius 2 is 1.87 bits per heavy atom. The normalized spacial score (nSPS) is 13.2. The molecule has 1 aromatic rings. The van der Waals surface area contributed by atoms with Gasteiger partial charge in [-0.3, -0.25) is 0 Å². The van der Waals surface area contributed by atoms with Gasteiger partial charge in [0, 0.05) is 11.0 Å². The number of aliphatic hydroxyl groups is 1. The van der Waals surface area contributed by atoms with E-state index >= 15 is 0 Å². The molecule has 15 heavy (non-hydrogen) atoms. The molecular weight excluding hydrogens is 254 g/mol. The van der Waals surface area contributed by atoms with Gasteiger partial charge in [-0.2, -0.15) is 0 Å². The van der Waals surface area contributed by atoms with Gasteiger partial charge in [0.25, 0.3) is 0 Å². The summed E-state index contributed by atoms with van der Waals surface area (Å²) in [5.41, 5.74) is 2.21. The summed E-state index contributed by atoms with van der Waals surface area (Å²) in [7, 11) is 1.84. The fourth-order valence-corrected chi connectivity index (χ4v) is 2.00. The Bertz CT molecular complexity index is 325. The van der Waals surface area contributed by atoms with Crippen molar-refractivity contribution < 1.29 is 5.11 Å². The zero-order chi connectivity index (χ0) is 11.4. The van der Waals surface area contributed by atoms with Gasteiger partial charge in [0.15, 0.2) is 0 Å². The fraction of sp³-hybridized carbons (Fsp3) is 0.500. The third kappa shape index (κ3) is 3.59. The number of nitrogens with one attached hydrogen (secondary N) is 1. The molecule has 0 bridgehead atoms. The lowest BCUT2D eigenvalue weighted by atomic mass is 9.99. The largest absolute Gasteiger partial charge is 0.387 e. The van der Waals surface area contributed by atoms with E-state index in [9.17, 15) is 5.11 Å². The number of likely N-dealkylation sites (N-methyl/N-ethyl adjacent to an activating group) is 1. The summed E-state index contributed by atoms with van der Waals surface area (Å²) in [6, 6.07) is 6.13. The van der Waals surface area contributed by atoms with E-state index in [2.05, 4.69) is 47.2 Å². The van der Waals surface area contributed by atoms with E-state index in [1.54, 1.807) is 0 Å². The van der Waals surface area contributed by atoms with Gasteiger partial charge in [-0.15, -0.1) is 0 Å². The van der Waals surface area contributed by atoms with Gasteiger partial charge in [0.05, 0.1) is 6.10 Å². The van der Waals surface area contributed by atoms with Crippen molar-refractivity contribution in [3.8, 4) is 0 Å². The highest BCUT2D eigenvalue weighted by atomic mass is 79.9. The van der Waals surface area contributed by atoms with Crippen molar-refractivity contribution in [1.82, 2.24) is 5.32 Å². The van der Waals surface area contributed by atoms with Gasteiger partial charge >= 0.3 is 0 Å². The Hall–Kier alpha value is -0.380. The summed E-state index contributed by atoms with van der Waals surface area (Å²) in [5.74, 6) is 0.475. The molecule has 1 atom stereocenters. The SMILES string of the molecule is CNCC(O)c1cc(Br)cc(C(C)C)c1. The standard InChI is InChI=1S/C12H18BrNO/c1-8(2)9-4-10(6-11(13)5-9)12(15)7-14-3/h4-6,8,12,14-15H,7H2,1-3H3. The molecule has 0 radical (unpaired) electrons. The molecule has 1 rings (SSSR count). The lowest BCUT2D eigenvalue weighted by molar-refractivity contribution is 0.177. The quantitative estimate of drug-likeness (QED) is 0.883. The first kappa shape index (κ1) is 12.7. The molecule has 84 valence electrons. The number of hydrogen-bond donors (Lipinski definition) is 2. The molecule has 3 heteroatoms. The Morgan fingerprint density at radius 3 is 2.40 bits per heavy atom. The van der Waals surface area contributed by atoms with Crippen LogP contribution in [0.2, 0.25) is 0 Å². The van der Waals surface area contributed by atoms with Gasteiger partial charge in [-0.05, 0) is 36.2 Å². The number of aliphatic hydroxyl groups excluding tert-OH is 1. The second kappa shape index (κ2) is 5.64. The van der Waals surface area contributed by atoms with E-state index in [-0.39, 0.29) is 0 Å². The molecule has 0 saturated heterocycles. The summed E-state index contributed by atoms with van der Waals surface area (Å²) in [4.78, 5) is 0. The minimum atomic E-state index is -0.440. The van der Waals surface area contributed by atoms with Crippen molar-refractivity contribution in [3.05, 3.63) is 33.8 Å². The first-order valence-corrected chi connectivity index (χ1v) is 5.97. The molecule has 0 spiro atoms. The number of halogens is 1. The molecule has 0 aliphatic carbocycles. The van der Waals surface area contributed by atoms with Crippen molar-refractivity contribution in [2.24, 2.45) is 0 Å². The van der Waals surface area contributed by atoms with Crippen molar-refractivity contribution in [2.45, 2.75) is 25.9 Å². The van der Waals surface area contributed by atoms with Crippen molar-refractivity contribution in [2.75, 3.05) is 13.6 Å². The molecule has 0 saturated carbocycles. The lowest BCUT2D eigenvalue weighted by Crippen LogP contribution is -2.16. The van der Waals surface area contributed by atoms with Crippen LogP contribution in [0.25, 0.3) is 0 Å². The molecule has 0 aromatic heterocycles. The maximum atomic E-state index is 9.87. The highest BCUT2D eigenvalue weighted by Gasteiger charge is 2.09. The predicted molar refractivity (Wildman–Crippen MR) is 67.1 cm³/mol. The van der Waals surface area contributed by atoms with Gasteiger partial charge in [-0.25, -0.2) is 0 Å². The van der Waals surface area contributed by atoms with Gasteiger partial charge in [0.2, 0.25) is 0 Å². The maximum absolute atomic E-state index is 9.87. The van der Waals surface area contributed by atoms with E-state index < -0.39 is 6.10 Å². The Kier molecular flexibility index (Phi) is 4.77. The minimum Gasteiger partial charge on any atom is -0.387 e. The average molecular weight is 272 g/mol. The van der Waals surface area contributed by atoms with Crippen LogP contribution in [0.15, 0.2) is 22.7 Å². The van der Waals surface area contributed by atoms with E-state index in [1.807, 2.05) is 13.1 Å². The van der Waals surface area contributed by atoms with Crippen LogP contribution in [0.1, 0.15) is 37.0 Å². The van der Waals surface area contributed by atoms with E-state index in [0.717, 1.165) is 10.0 Å². The average Bonchev–Trinajstić information content (AvgIpc) is 2.17. The van der Waals surface area contributed by atoms with E-state index in [0.29, 0.717) is 12.5 Å². The van der Waals surface area contributed by atoms with Crippen LogP contribution in [-0.2, 0) is 0 Å². The third-order valence-electron chi connectivity index (χ3n) is 2.39. The number of hydrogen-bond acceptors (Lipinski definition) is 2. The smallest absolute Gasteiger partial charge is 0.0914 e. The molecule has 1 unspecified atom stereocenters. The van der Waals surface area contributed by atoms with Crippen LogP contribution in [0.4, 0.5) is 0 Å². The first-order chi connectivity index (χ1) is 7.04. The topological polar surface area (TPSA) is 32.3 Å². The Morgan fingerprint density at radius 1 is 1.27 bits per heavy atom. The second-order valence-corrected chi connectivity index (χ2v) is 4.96. The van der Waals surface area contributed by atoms with Gasteiger partial charge in [-0.1, -0.05) is 35.8 Å². The van der Waals surface area contributed by atoms with E-state index in [4.69, 9.17) is 0 Å². The molecule has 2 nitrogen and oxygen atoms in total. The van der Waals surface area contributed by atoms with Crippen molar-refractivity contribution in [3.63, 3.8) is 0 Å². The van der Waals surface area contributed by atoms with E-state index in [1.165, 1.54) is 5.56 Å². The zero-order valence-electron chi connectivity index (χ0n) is 9.42. The fourth-order valence-electron chi connectivity index (χ4n) is 1.47. The molecular formula is C12H18BrNO. The maximum Gasteiger partial charge on any atom is 0.0914 e. The predicted octanol–water partition coefficient (Wildman–Crippen LogP) is 2.83. The summed E-state index contributed by atoms with van der Waals surface area (Å²) >= 11 is 3.47. The summed E-state index contributed by atoms with van der Waals surface area (Å²) in [5, 5.41) is 12.8. The minimum absolute atomic E-state index is 0.440. The van der Waals surface area contributed by atoms with Gasteiger partial charge < -0.3 is 10.4 Å². The van der Waals surface area contributed by atoms with Crippen LogP contribution < -0.4 is 5.32 Å². The molecule has 0 fully saturated rings. The first-order valence-electron chi connectivity index (χ1n) is 5.17. The van der Waals surface area contributed by atoms with Crippen LogP contribution in [0.5, 0.6) is 0 Å². The van der Waals surface area contributed by atoms with Crippen LogP contribution in [-0.4, -0.2) is 18.7 Å². The third-order valence-corrected chi connectivity index (χ3v) is 2.85. The van der Waals surface area contributed by atoms with Crippen molar-refractivity contribution in [1.29, 1.82) is 0 Å². The van der Waals surface area contributed by atoms with Crippen LogP contribution >= 0.6 is 15.9 Å². The molecule has 0 aliphatic rings. The zero-order valence-corrected chi connectivity index (χ0v) is 11.0. The second-order valence-electron chi connectivity index (χ2n) is 4.05. The highest BCUT2D eigenvalue weighted by Crippen LogP contribution is 2.25. The summed E-state index contributed by atoms with van der Waals surface area (Å²) < 4.78 is 1.03. The van der Waals surface area contributed by atoms with Crippen LogP contribution in [0, 0.1) is 0 Å². The molecule has 1 aromatic carbocycles. The molecule has 2 N–H and O–H groups in total. The van der Waals surface area contributed by atoms with Crippen molar-refractivity contribution >= 4 is 15.9 Å². The monoisotopic (exact) mass is 271 g/mol. The van der Waals surface area contributed by atoms with Gasteiger partial charge in [0.1, 0.15) is 0 Å². The van der Waals surface area contributed by atoms with Crippen LogP contribution in [0.3, 0.4) is 0 Å². The summed E-state index contributed by atoms with van der Waals surface area (Å²) in [6.45, 7) is 4.87. The Labute approximate surface area is 99.8 Å². The highest BCUT2D eigenvalue weighted by molar-refractivity contribution is 9.10. The summed E-state index contributed by atoms with van der Waals surface area (Å²) in [6.07, 6.45) is -0.440. The Balaban J connectivity index is 2.98. The molecule has 0 aliphatic heterocycles. The molecule has 0 heterocycles. The number of benzene rings is 1. The molecule has 0 amide bonds. The number of rotatable bonds is 4.